The summed E-state index contributed by atoms with van der Waals surface area (Å²) >= 11 is 1.79. The van der Waals surface area contributed by atoms with E-state index in [9.17, 15) is 0 Å². The molecule has 9 aromatic carbocycles. The normalized spacial score (nSPS) is 11.9. The lowest BCUT2D eigenvalue weighted by molar-refractivity contribution is 0.666. The van der Waals surface area contributed by atoms with Gasteiger partial charge in [-0.2, -0.15) is 0 Å². The first-order valence-electron chi connectivity index (χ1n) is 20.4. The lowest BCUT2D eigenvalue weighted by Gasteiger charge is -2.13. The van der Waals surface area contributed by atoms with Crippen molar-refractivity contribution in [2.75, 3.05) is 0 Å². The Morgan fingerprint density at radius 1 is 0.393 bits per heavy atom. The van der Waals surface area contributed by atoms with Crippen molar-refractivity contribution in [2.24, 2.45) is 0 Å². The average molecular weight is 797 g/mol. The first-order valence-corrected chi connectivity index (χ1v) is 21.2. The fourth-order valence-electron chi connectivity index (χ4n) is 9.24. The van der Waals surface area contributed by atoms with Crippen molar-refractivity contribution in [3.8, 4) is 51.0 Å². The van der Waals surface area contributed by atoms with Crippen LogP contribution in [0.2, 0.25) is 0 Å². The molecule has 5 nitrogen and oxygen atoms in total. The number of furan rings is 1. The number of para-hydroxylation sites is 2. The van der Waals surface area contributed by atoms with Gasteiger partial charge in [0.1, 0.15) is 5.58 Å². The second-order valence-electron chi connectivity index (χ2n) is 15.5. The molecule has 13 aromatic rings. The fourth-order valence-corrected chi connectivity index (χ4v) is 10.4. The van der Waals surface area contributed by atoms with E-state index in [2.05, 4.69) is 180 Å². The van der Waals surface area contributed by atoms with E-state index in [0.29, 0.717) is 17.5 Å². The molecule has 13 rings (SSSR count). The predicted molar refractivity (Wildman–Crippen MR) is 254 cm³/mol. The van der Waals surface area contributed by atoms with Crippen molar-refractivity contribution in [2.45, 2.75) is 0 Å². The molecular formula is C55H32N4OS. The van der Waals surface area contributed by atoms with Crippen LogP contribution in [-0.4, -0.2) is 19.5 Å². The second-order valence-corrected chi connectivity index (χ2v) is 16.6. The van der Waals surface area contributed by atoms with E-state index in [1.165, 1.54) is 36.3 Å². The van der Waals surface area contributed by atoms with E-state index < -0.39 is 0 Å². The van der Waals surface area contributed by atoms with Gasteiger partial charge in [0.2, 0.25) is 0 Å². The molecule has 0 amide bonds. The minimum Gasteiger partial charge on any atom is -0.454 e. The molecule has 0 aliphatic carbocycles. The molecule has 0 spiro atoms. The van der Waals surface area contributed by atoms with Gasteiger partial charge in [0.05, 0.1) is 16.7 Å². The highest BCUT2D eigenvalue weighted by Crippen LogP contribution is 2.44. The molecule has 0 saturated heterocycles. The lowest BCUT2D eigenvalue weighted by Crippen LogP contribution is -2.01. The van der Waals surface area contributed by atoms with E-state index in [4.69, 9.17) is 19.4 Å². The zero-order valence-corrected chi connectivity index (χ0v) is 33.4. The molecule has 0 atom stereocenters. The van der Waals surface area contributed by atoms with Crippen LogP contribution >= 0.6 is 11.3 Å². The van der Waals surface area contributed by atoms with Gasteiger partial charge in [0, 0.05) is 58.4 Å². The molecular weight excluding hydrogens is 765 g/mol. The number of hydrogen-bond donors (Lipinski definition) is 0. The summed E-state index contributed by atoms with van der Waals surface area (Å²) in [6.07, 6.45) is 0. The molecule has 0 fully saturated rings. The quantitative estimate of drug-likeness (QED) is 0.174. The molecule has 0 aliphatic rings. The van der Waals surface area contributed by atoms with E-state index in [1.807, 2.05) is 18.2 Å². The van der Waals surface area contributed by atoms with Gasteiger partial charge in [0.25, 0.3) is 0 Å². The molecule has 0 saturated carbocycles. The van der Waals surface area contributed by atoms with Crippen molar-refractivity contribution >= 4 is 86.0 Å². The van der Waals surface area contributed by atoms with Crippen molar-refractivity contribution in [3.05, 3.63) is 194 Å². The molecule has 0 aliphatic heterocycles. The molecule has 4 heterocycles. The number of fused-ring (bicyclic) bond motifs is 10. The summed E-state index contributed by atoms with van der Waals surface area (Å²) in [4.78, 5) is 16.0. The molecule has 4 aromatic heterocycles. The monoisotopic (exact) mass is 796 g/mol. The molecule has 0 unspecified atom stereocenters. The maximum atomic E-state index is 6.94. The van der Waals surface area contributed by atoms with Gasteiger partial charge in [-0.1, -0.05) is 146 Å². The zero-order valence-electron chi connectivity index (χ0n) is 32.6. The fraction of sp³-hybridized carbons (Fsp3) is 0. The Labute approximate surface area is 353 Å². The Hall–Kier alpha value is -7.93. The highest BCUT2D eigenvalue weighted by atomic mass is 32.1. The van der Waals surface area contributed by atoms with Gasteiger partial charge in [-0.25, -0.2) is 15.0 Å². The predicted octanol–water partition coefficient (Wildman–Crippen LogP) is 15.1. The van der Waals surface area contributed by atoms with Crippen LogP contribution < -0.4 is 0 Å². The van der Waals surface area contributed by atoms with Crippen molar-refractivity contribution in [1.29, 1.82) is 0 Å². The number of aromatic nitrogens is 4. The minimum atomic E-state index is 0.583. The Morgan fingerprint density at radius 3 is 1.85 bits per heavy atom. The van der Waals surface area contributed by atoms with E-state index >= 15 is 0 Å². The Balaban J connectivity index is 1.09. The molecule has 61 heavy (non-hydrogen) atoms. The number of benzene rings is 9. The topological polar surface area (TPSA) is 56.7 Å². The Bertz CT molecular complexity index is 3880. The first kappa shape index (κ1) is 34.0. The maximum absolute atomic E-state index is 6.94. The van der Waals surface area contributed by atoms with Crippen LogP contribution in [0.4, 0.5) is 0 Å². The van der Waals surface area contributed by atoms with Gasteiger partial charge in [-0.05, 0) is 70.4 Å². The molecule has 284 valence electrons. The van der Waals surface area contributed by atoms with Gasteiger partial charge >= 0.3 is 0 Å². The van der Waals surface area contributed by atoms with Crippen LogP contribution in [0.1, 0.15) is 0 Å². The maximum Gasteiger partial charge on any atom is 0.164 e. The highest BCUT2D eigenvalue weighted by Gasteiger charge is 2.24. The largest absolute Gasteiger partial charge is 0.454 e. The average Bonchev–Trinajstić information content (AvgIpc) is 4.01. The van der Waals surface area contributed by atoms with Crippen LogP contribution in [0.15, 0.2) is 199 Å². The van der Waals surface area contributed by atoms with Gasteiger partial charge in [-0.3, -0.25) is 0 Å². The van der Waals surface area contributed by atoms with Crippen molar-refractivity contribution in [1.82, 2.24) is 19.5 Å². The summed E-state index contributed by atoms with van der Waals surface area (Å²) in [5, 5.41) is 9.10. The molecule has 6 heteroatoms. The zero-order chi connectivity index (χ0) is 40.0. The van der Waals surface area contributed by atoms with Crippen molar-refractivity contribution < 1.29 is 4.42 Å². The van der Waals surface area contributed by atoms with Gasteiger partial charge < -0.3 is 8.98 Å². The summed E-state index contributed by atoms with van der Waals surface area (Å²) in [7, 11) is 0. The lowest BCUT2D eigenvalue weighted by atomic mass is 10.0. The third kappa shape index (κ3) is 5.29. The highest BCUT2D eigenvalue weighted by molar-refractivity contribution is 7.25. The standard InChI is InChI=1S/C55H32N4OS/c1-2-13-33(14-3-1)34-25-27-35(28-26-34)53-56-54(41-20-12-24-49-50(41)40-19-8-11-23-48(40)61-49)58-55(57-53)42-29-30-45(52-51(42)39-18-7-10-22-47(39)60-52)59-44-21-9-6-17-38(44)43-31-36-15-4-5-16-37(36)32-46(43)59/h1-32H. The summed E-state index contributed by atoms with van der Waals surface area (Å²) in [6, 6.07) is 68.4. The van der Waals surface area contributed by atoms with Crippen LogP contribution in [-0.2, 0) is 0 Å². The molecule has 0 radical (unpaired) electrons. The SMILES string of the molecule is c1ccc(-c2ccc(-c3nc(-c4cccc5sc6ccccc6c45)nc(-c4ccc(-n5c6ccccc6c6cc7ccccc7cc65)c5oc6ccccc6c45)n3)cc2)cc1. The number of rotatable bonds is 5. The van der Waals surface area contributed by atoms with Crippen LogP contribution in [0, 0.1) is 0 Å². The summed E-state index contributed by atoms with van der Waals surface area (Å²) in [6.45, 7) is 0. The molecule has 0 bridgehead atoms. The minimum absolute atomic E-state index is 0.583. The second kappa shape index (κ2) is 13.3. The van der Waals surface area contributed by atoms with Crippen LogP contribution in [0.25, 0.3) is 126 Å². The third-order valence-electron chi connectivity index (χ3n) is 12.1. The Morgan fingerprint density at radius 2 is 1.02 bits per heavy atom. The smallest absolute Gasteiger partial charge is 0.164 e. The van der Waals surface area contributed by atoms with Crippen LogP contribution in [0.3, 0.4) is 0 Å². The number of nitrogens with zero attached hydrogens (tertiary/aromatic N) is 4. The summed E-state index contributed by atoms with van der Waals surface area (Å²) in [5.74, 6) is 1.82. The van der Waals surface area contributed by atoms with E-state index in [-0.39, 0.29) is 0 Å². The van der Waals surface area contributed by atoms with Gasteiger partial charge in [0.15, 0.2) is 23.1 Å². The first-order chi connectivity index (χ1) is 30.2. The van der Waals surface area contributed by atoms with E-state index in [1.54, 1.807) is 11.3 Å². The molecule has 0 N–H and O–H groups in total. The Kier molecular flexibility index (Phi) is 7.41. The number of hydrogen-bond acceptors (Lipinski definition) is 5. The van der Waals surface area contributed by atoms with E-state index in [0.717, 1.165) is 71.9 Å². The summed E-state index contributed by atoms with van der Waals surface area (Å²) in [5.41, 5.74) is 9.82. The summed E-state index contributed by atoms with van der Waals surface area (Å²) < 4.78 is 11.7. The number of thiophene rings is 1. The third-order valence-corrected chi connectivity index (χ3v) is 13.2. The van der Waals surface area contributed by atoms with Gasteiger partial charge in [-0.15, -0.1) is 11.3 Å². The van der Waals surface area contributed by atoms with Crippen molar-refractivity contribution in [3.63, 3.8) is 0 Å². The van der Waals surface area contributed by atoms with Crippen LogP contribution in [0.5, 0.6) is 0 Å².